The number of hydrogen-bond donors (Lipinski definition) is 1. The van der Waals surface area contributed by atoms with Gasteiger partial charge in [-0.05, 0) is 37.0 Å². The van der Waals surface area contributed by atoms with E-state index in [9.17, 15) is 0 Å². The molecule has 1 fully saturated rings. The summed E-state index contributed by atoms with van der Waals surface area (Å²) in [5, 5.41) is 4.02. The van der Waals surface area contributed by atoms with Gasteiger partial charge in [-0.1, -0.05) is 37.1 Å². The summed E-state index contributed by atoms with van der Waals surface area (Å²) in [5.74, 6) is 1.89. The summed E-state index contributed by atoms with van der Waals surface area (Å²) >= 11 is 0. The topological polar surface area (TPSA) is 74.2 Å². The number of ether oxygens (including phenoxy) is 1. The van der Waals surface area contributed by atoms with E-state index >= 15 is 0 Å². The second-order valence-electron chi connectivity index (χ2n) is 5.66. The summed E-state index contributed by atoms with van der Waals surface area (Å²) in [4.78, 5) is 4.39. The van der Waals surface area contributed by atoms with Gasteiger partial charge >= 0.3 is 0 Å². The summed E-state index contributed by atoms with van der Waals surface area (Å²) < 4.78 is 10.9. The van der Waals surface area contributed by atoms with Crippen molar-refractivity contribution >= 4 is 12.4 Å². The molecule has 1 aromatic carbocycles. The predicted molar refractivity (Wildman–Crippen MR) is 86.0 cm³/mol. The summed E-state index contributed by atoms with van der Waals surface area (Å²) in [6.45, 7) is 2.40. The van der Waals surface area contributed by atoms with Gasteiger partial charge in [0.1, 0.15) is 5.75 Å². The van der Waals surface area contributed by atoms with E-state index < -0.39 is 5.54 Å². The SMILES string of the molecule is CCc1ccc(OCc2nc(C3(N)CCCC3)no2)cc1.Cl. The molecule has 22 heavy (non-hydrogen) atoms. The summed E-state index contributed by atoms with van der Waals surface area (Å²) in [6.07, 6.45) is 5.11. The van der Waals surface area contributed by atoms with Crippen molar-refractivity contribution in [2.45, 2.75) is 51.2 Å². The van der Waals surface area contributed by atoms with Crippen molar-refractivity contribution < 1.29 is 9.26 Å². The van der Waals surface area contributed by atoms with Gasteiger partial charge in [-0.15, -0.1) is 12.4 Å². The first-order valence-corrected chi connectivity index (χ1v) is 7.53. The Hall–Kier alpha value is -1.59. The van der Waals surface area contributed by atoms with Gasteiger partial charge in [0.15, 0.2) is 12.4 Å². The summed E-state index contributed by atoms with van der Waals surface area (Å²) in [7, 11) is 0. The minimum Gasteiger partial charge on any atom is -0.484 e. The molecule has 1 aliphatic rings. The van der Waals surface area contributed by atoms with Crippen molar-refractivity contribution in [1.29, 1.82) is 0 Å². The Morgan fingerprint density at radius 1 is 1.23 bits per heavy atom. The molecule has 5 nitrogen and oxygen atoms in total. The number of benzene rings is 1. The standard InChI is InChI=1S/C16H21N3O2.ClH/c1-2-12-5-7-13(8-6-12)20-11-14-18-15(19-21-14)16(17)9-3-4-10-16;/h5-8H,2-4,9-11,17H2,1H3;1H. The van der Waals surface area contributed by atoms with Crippen LogP contribution in [0.2, 0.25) is 0 Å². The second kappa shape index (κ2) is 7.11. The minimum atomic E-state index is -0.412. The third kappa shape index (κ3) is 3.59. The highest BCUT2D eigenvalue weighted by atomic mass is 35.5. The molecular formula is C16H22ClN3O2. The number of rotatable bonds is 5. The van der Waals surface area contributed by atoms with Crippen LogP contribution in [-0.2, 0) is 18.6 Å². The molecule has 0 radical (unpaired) electrons. The molecule has 2 N–H and O–H groups in total. The van der Waals surface area contributed by atoms with Crippen molar-refractivity contribution in [1.82, 2.24) is 10.1 Å². The third-order valence-corrected chi connectivity index (χ3v) is 4.10. The van der Waals surface area contributed by atoms with Crippen LogP contribution in [0.1, 0.15) is 49.9 Å². The normalized spacial score (nSPS) is 16.3. The molecule has 0 aliphatic heterocycles. The fraction of sp³-hybridized carbons (Fsp3) is 0.500. The molecule has 2 aromatic rings. The van der Waals surface area contributed by atoms with Gasteiger partial charge in [-0.25, -0.2) is 0 Å². The number of aromatic nitrogens is 2. The van der Waals surface area contributed by atoms with Gasteiger partial charge < -0.3 is 15.0 Å². The van der Waals surface area contributed by atoms with E-state index in [-0.39, 0.29) is 19.0 Å². The smallest absolute Gasteiger partial charge is 0.264 e. The van der Waals surface area contributed by atoms with E-state index in [2.05, 4.69) is 29.2 Å². The Bertz CT molecular complexity index is 592. The lowest BCUT2D eigenvalue weighted by atomic mass is 9.99. The Kier molecular flexibility index (Phi) is 5.42. The first-order chi connectivity index (χ1) is 10.2. The number of nitrogens with zero attached hydrogens (tertiary/aromatic N) is 2. The maximum absolute atomic E-state index is 6.31. The average Bonchev–Trinajstić information content (AvgIpc) is 3.15. The Morgan fingerprint density at radius 3 is 2.55 bits per heavy atom. The number of halogens is 1. The Morgan fingerprint density at radius 2 is 1.91 bits per heavy atom. The van der Waals surface area contributed by atoms with Gasteiger partial charge in [-0.2, -0.15) is 4.98 Å². The van der Waals surface area contributed by atoms with E-state index in [4.69, 9.17) is 15.0 Å². The molecule has 6 heteroatoms. The zero-order valence-corrected chi connectivity index (χ0v) is 13.6. The van der Waals surface area contributed by atoms with Gasteiger partial charge in [0.2, 0.25) is 0 Å². The highest BCUT2D eigenvalue weighted by molar-refractivity contribution is 5.85. The maximum Gasteiger partial charge on any atom is 0.264 e. The van der Waals surface area contributed by atoms with Gasteiger partial charge in [0, 0.05) is 0 Å². The van der Waals surface area contributed by atoms with Crippen molar-refractivity contribution in [3.8, 4) is 5.75 Å². The zero-order valence-electron chi connectivity index (χ0n) is 12.7. The molecule has 3 rings (SSSR count). The molecule has 0 amide bonds. The molecule has 0 saturated heterocycles. The van der Waals surface area contributed by atoms with Crippen LogP contribution in [0, 0.1) is 0 Å². The van der Waals surface area contributed by atoms with Crippen LogP contribution in [0.25, 0.3) is 0 Å². The molecule has 1 heterocycles. The Labute approximate surface area is 136 Å². The number of aryl methyl sites for hydroxylation is 1. The largest absolute Gasteiger partial charge is 0.484 e. The van der Waals surface area contributed by atoms with Crippen molar-refractivity contribution in [3.05, 3.63) is 41.5 Å². The second-order valence-corrected chi connectivity index (χ2v) is 5.66. The van der Waals surface area contributed by atoms with E-state index in [1.807, 2.05) is 12.1 Å². The highest BCUT2D eigenvalue weighted by Gasteiger charge is 2.35. The molecule has 1 saturated carbocycles. The van der Waals surface area contributed by atoms with Crippen LogP contribution < -0.4 is 10.5 Å². The van der Waals surface area contributed by atoms with Crippen LogP contribution >= 0.6 is 12.4 Å². The zero-order chi connectivity index (χ0) is 14.7. The van der Waals surface area contributed by atoms with Crippen LogP contribution in [-0.4, -0.2) is 10.1 Å². The third-order valence-electron chi connectivity index (χ3n) is 4.10. The first-order valence-electron chi connectivity index (χ1n) is 7.53. The van der Waals surface area contributed by atoms with E-state index in [1.165, 1.54) is 5.56 Å². The van der Waals surface area contributed by atoms with Gasteiger partial charge in [0.25, 0.3) is 5.89 Å². The summed E-state index contributed by atoms with van der Waals surface area (Å²) in [5.41, 5.74) is 7.18. The van der Waals surface area contributed by atoms with Crippen LogP contribution in [0.3, 0.4) is 0 Å². The van der Waals surface area contributed by atoms with Crippen LogP contribution in [0.15, 0.2) is 28.8 Å². The molecule has 0 bridgehead atoms. The van der Waals surface area contributed by atoms with E-state index in [0.717, 1.165) is 37.9 Å². The van der Waals surface area contributed by atoms with Gasteiger partial charge in [-0.3, -0.25) is 0 Å². The summed E-state index contributed by atoms with van der Waals surface area (Å²) in [6, 6.07) is 8.03. The lowest BCUT2D eigenvalue weighted by molar-refractivity contribution is 0.241. The average molecular weight is 324 g/mol. The molecule has 1 aliphatic carbocycles. The molecule has 1 aromatic heterocycles. The lowest BCUT2D eigenvalue weighted by Crippen LogP contribution is -2.34. The maximum atomic E-state index is 6.31. The van der Waals surface area contributed by atoms with Crippen molar-refractivity contribution in [2.75, 3.05) is 0 Å². The number of nitrogens with two attached hydrogens (primary N) is 1. The Balaban J connectivity index is 0.00000176. The quantitative estimate of drug-likeness (QED) is 0.913. The minimum absolute atomic E-state index is 0. The van der Waals surface area contributed by atoms with Crippen molar-refractivity contribution in [3.63, 3.8) is 0 Å². The monoisotopic (exact) mass is 323 g/mol. The van der Waals surface area contributed by atoms with Gasteiger partial charge in [0.05, 0.1) is 5.54 Å². The molecule has 0 unspecified atom stereocenters. The molecule has 0 spiro atoms. The lowest BCUT2D eigenvalue weighted by Gasteiger charge is -2.17. The van der Waals surface area contributed by atoms with Crippen molar-refractivity contribution in [2.24, 2.45) is 5.73 Å². The molecular weight excluding hydrogens is 302 g/mol. The fourth-order valence-electron chi connectivity index (χ4n) is 2.71. The predicted octanol–water partition coefficient (Wildman–Crippen LogP) is 3.36. The molecule has 120 valence electrons. The first kappa shape index (κ1) is 16.8. The van der Waals surface area contributed by atoms with Crippen LogP contribution in [0.4, 0.5) is 0 Å². The highest BCUT2D eigenvalue weighted by Crippen LogP contribution is 2.34. The van der Waals surface area contributed by atoms with Crippen LogP contribution in [0.5, 0.6) is 5.75 Å². The fourth-order valence-corrected chi connectivity index (χ4v) is 2.71. The van der Waals surface area contributed by atoms with E-state index in [1.54, 1.807) is 0 Å². The van der Waals surface area contributed by atoms with E-state index in [0.29, 0.717) is 11.7 Å². The number of hydrogen-bond acceptors (Lipinski definition) is 5. The molecule has 0 atom stereocenters.